The number of thiophene rings is 1. The fourth-order valence-electron chi connectivity index (χ4n) is 2.78. The summed E-state index contributed by atoms with van der Waals surface area (Å²) < 4.78 is 4.03. The van der Waals surface area contributed by atoms with Crippen molar-refractivity contribution in [3.63, 3.8) is 0 Å². The molecule has 1 amide bonds. The van der Waals surface area contributed by atoms with Crippen molar-refractivity contribution in [1.82, 2.24) is 34.8 Å². The summed E-state index contributed by atoms with van der Waals surface area (Å²) >= 11 is 6.88. The molecule has 4 heterocycles. The van der Waals surface area contributed by atoms with Gasteiger partial charge < -0.3 is 5.32 Å². The van der Waals surface area contributed by atoms with Gasteiger partial charge in [0.25, 0.3) is 0 Å². The average molecular weight is 412 g/mol. The third-order valence-electron chi connectivity index (χ3n) is 4.13. The summed E-state index contributed by atoms with van der Waals surface area (Å²) in [6.07, 6.45) is 5.51. The molecule has 142 valence electrons. The molecule has 0 radical (unpaired) electrons. The number of nitrogens with zero attached hydrogens (tertiary/aromatic N) is 5. The van der Waals surface area contributed by atoms with Gasteiger partial charge in [-0.15, -0.1) is 11.3 Å². The molecule has 4 aromatic heterocycles. The molecule has 0 saturated heterocycles. The number of hydrogen-bond acceptors (Lipinski definition) is 6. The first-order valence-corrected chi connectivity index (χ1v) is 9.91. The van der Waals surface area contributed by atoms with E-state index in [1.165, 1.54) is 0 Å². The minimum Gasteiger partial charge on any atom is -0.352 e. The molecule has 4 aromatic rings. The summed E-state index contributed by atoms with van der Waals surface area (Å²) in [5.41, 5.74) is 0.888. The largest absolute Gasteiger partial charge is 0.352 e. The predicted molar refractivity (Wildman–Crippen MR) is 109 cm³/mol. The lowest BCUT2D eigenvalue weighted by atomic mass is 10.2. The van der Waals surface area contributed by atoms with E-state index in [-0.39, 0.29) is 5.91 Å². The van der Waals surface area contributed by atoms with Crippen LogP contribution >= 0.6 is 23.6 Å². The van der Waals surface area contributed by atoms with Gasteiger partial charge in [0.15, 0.2) is 16.4 Å². The minimum atomic E-state index is -0.0736. The van der Waals surface area contributed by atoms with Crippen LogP contribution in [0.25, 0.3) is 16.5 Å². The van der Waals surface area contributed by atoms with Gasteiger partial charge in [0.2, 0.25) is 5.91 Å². The van der Waals surface area contributed by atoms with Gasteiger partial charge in [0.1, 0.15) is 0 Å². The standard InChI is InChI=1S/C18H17N7OS2/c26-15(6-10-24-17(22-23-18(24)27)14-5-2-11-28-14)20-12-13-4-1-7-19-16(13)25-9-3-8-21-25/h1-5,7-9,11H,6,10,12H2,(H,20,26)(H,23,27). The van der Waals surface area contributed by atoms with Crippen molar-refractivity contribution in [2.75, 3.05) is 0 Å². The molecule has 0 aliphatic rings. The van der Waals surface area contributed by atoms with E-state index in [9.17, 15) is 4.79 Å². The van der Waals surface area contributed by atoms with E-state index in [1.807, 2.05) is 46.5 Å². The average Bonchev–Trinajstić information content (AvgIpc) is 3.47. The van der Waals surface area contributed by atoms with Gasteiger partial charge in [-0.25, -0.2) is 9.67 Å². The molecule has 0 spiro atoms. The van der Waals surface area contributed by atoms with Crippen LogP contribution in [0.2, 0.25) is 0 Å². The number of aromatic nitrogens is 6. The van der Waals surface area contributed by atoms with Crippen LogP contribution in [0.1, 0.15) is 12.0 Å². The Bertz CT molecular complexity index is 1110. The normalized spacial score (nSPS) is 10.9. The van der Waals surface area contributed by atoms with E-state index in [2.05, 4.69) is 25.6 Å². The highest BCUT2D eigenvalue weighted by Crippen LogP contribution is 2.22. The molecule has 10 heteroatoms. The van der Waals surface area contributed by atoms with E-state index in [1.54, 1.807) is 28.4 Å². The van der Waals surface area contributed by atoms with Crippen LogP contribution in [0.5, 0.6) is 0 Å². The van der Waals surface area contributed by atoms with Crippen molar-refractivity contribution < 1.29 is 4.79 Å². The molecule has 0 fully saturated rings. The van der Waals surface area contributed by atoms with Gasteiger partial charge >= 0.3 is 0 Å². The molecule has 2 N–H and O–H groups in total. The summed E-state index contributed by atoms with van der Waals surface area (Å²) in [6, 6.07) is 9.53. The molecule has 8 nitrogen and oxygen atoms in total. The molecule has 0 aliphatic carbocycles. The molecule has 28 heavy (non-hydrogen) atoms. The molecular formula is C18H17N7OS2. The third kappa shape index (κ3) is 3.92. The second-order valence-electron chi connectivity index (χ2n) is 5.94. The van der Waals surface area contributed by atoms with Crippen molar-refractivity contribution >= 4 is 29.5 Å². The van der Waals surface area contributed by atoms with Crippen molar-refractivity contribution in [3.05, 3.63) is 64.6 Å². The van der Waals surface area contributed by atoms with Gasteiger partial charge in [-0.3, -0.25) is 14.5 Å². The van der Waals surface area contributed by atoms with Crippen molar-refractivity contribution in [1.29, 1.82) is 0 Å². The van der Waals surface area contributed by atoms with Crippen molar-refractivity contribution in [2.24, 2.45) is 0 Å². The Morgan fingerprint density at radius 1 is 1.25 bits per heavy atom. The zero-order valence-electron chi connectivity index (χ0n) is 14.8. The maximum atomic E-state index is 12.4. The lowest BCUT2D eigenvalue weighted by Gasteiger charge is -2.10. The molecular weight excluding hydrogens is 394 g/mol. The Hall–Kier alpha value is -3.11. The number of pyridine rings is 1. The second-order valence-corrected chi connectivity index (χ2v) is 7.28. The number of nitrogens with one attached hydrogen (secondary N) is 2. The second kappa shape index (κ2) is 8.28. The Morgan fingerprint density at radius 2 is 2.18 bits per heavy atom. The van der Waals surface area contributed by atoms with Crippen LogP contribution in [0, 0.1) is 4.77 Å². The highest BCUT2D eigenvalue weighted by Gasteiger charge is 2.12. The summed E-state index contributed by atoms with van der Waals surface area (Å²) in [5.74, 6) is 1.38. The minimum absolute atomic E-state index is 0.0736. The van der Waals surface area contributed by atoms with E-state index in [4.69, 9.17) is 12.2 Å². The number of aromatic amines is 1. The molecule has 0 atom stereocenters. The van der Waals surface area contributed by atoms with Crippen LogP contribution in [0.3, 0.4) is 0 Å². The fourth-order valence-corrected chi connectivity index (χ4v) is 3.73. The predicted octanol–water partition coefficient (Wildman–Crippen LogP) is 2.96. The first-order valence-electron chi connectivity index (χ1n) is 8.62. The Morgan fingerprint density at radius 3 is 2.96 bits per heavy atom. The number of carbonyl (C=O) groups excluding carboxylic acids is 1. The van der Waals surface area contributed by atoms with Crippen LogP contribution in [0.4, 0.5) is 0 Å². The molecule has 0 aromatic carbocycles. The highest BCUT2D eigenvalue weighted by molar-refractivity contribution is 7.71. The number of carbonyl (C=O) groups is 1. The number of hydrogen-bond donors (Lipinski definition) is 2. The van der Waals surface area contributed by atoms with Crippen LogP contribution in [-0.2, 0) is 17.9 Å². The molecule has 0 saturated carbocycles. The topological polar surface area (TPSA) is 93.4 Å². The Labute approximate surface area is 169 Å². The molecule has 0 unspecified atom stereocenters. The smallest absolute Gasteiger partial charge is 0.222 e. The van der Waals surface area contributed by atoms with E-state index < -0.39 is 0 Å². The highest BCUT2D eigenvalue weighted by atomic mass is 32.1. The quantitative estimate of drug-likeness (QED) is 0.456. The molecule has 0 aliphatic heterocycles. The first-order chi connectivity index (χ1) is 13.7. The maximum Gasteiger partial charge on any atom is 0.222 e. The lowest BCUT2D eigenvalue weighted by molar-refractivity contribution is -0.121. The van der Waals surface area contributed by atoms with E-state index in [0.717, 1.165) is 16.3 Å². The Balaban J connectivity index is 1.40. The van der Waals surface area contributed by atoms with Gasteiger partial charge in [-0.05, 0) is 35.8 Å². The number of rotatable bonds is 7. The monoisotopic (exact) mass is 411 g/mol. The van der Waals surface area contributed by atoms with Crippen molar-refractivity contribution in [2.45, 2.75) is 19.5 Å². The summed E-state index contributed by atoms with van der Waals surface area (Å²) in [4.78, 5) is 17.8. The first kappa shape index (κ1) is 18.3. The van der Waals surface area contributed by atoms with E-state index in [0.29, 0.717) is 30.1 Å². The van der Waals surface area contributed by atoms with Crippen LogP contribution < -0.4 is 5.32 Å². The zero-order valence-corrected chi connectivity index (χ0v) is 16.4. The van der Waals surface area contributed by atoms with Gasteiger partial charge in [-0.2, -0.15) is 10.2 Å². The summed E-state index contributed by atoms with van der Waals surface area (Å²) in [7, 11) is 0. The van der Waals surface area contributed by atoms with Gasteiger partial charge in [-0.1, -0.05) is 12.1 Å². The van der Waals surface area contributed by atoms with Crippen molar-refractivity contribution in [3.8, 4) is 16.5 Å². The fraction of sp³-hybridized carbons (Fsp3) is 0.167. The van der Waals surface area contributed by atoms with Crippen LogP contribution in [-0.4, -0.2) is 35.4 Å². The summed E-state index contributed by atoms with van der Waals surface area (Å²) in [5, 5.41) is 16.2. The molecule has 4 rings (SSSR count). The summed E-state index contributed by atoms with van der Waals surface area (Å²) in [6.45, 7) is 0.823. The SMILES string of the molecule is O=C(CCn1c(-c2cccs2)n[nH]c1=S)NCc1cccnc1-n1cccn1. The maximum absolute atomic E-state index is 12.4. The third-order valence-corrected chi connectivity index (χ3v) is 5.30. The zero-order chi connectivity index (χ0) is 19.3. The van der Waals surface area contributed by atoms with Gasteiger partial charge in [0.05, 0.1) is 4.88 Å². The van der Waals surface area contributed by atoms with Gasteiger partial charge in [0, 0.05) is 43.7 Å². The lowest BCUT2D eigenvalue weighted by Crippen LogP contribution is -2.25. The van der Waals surface area contributed by atoms with Crippen LogP contribution in [0.15, 0.2) is 54.3 Å². The number of H-pyrrole nitrogens is 1. The Kier molecular flexibility index (Phi) is 5.40. The van der Waals surface area contributed by atoms with E-state index >= 15 is 0 Å². The number of amides is 1. The molecule has 0 bridgehead atoms.